The van der Waals surface area contributed by atoms with Crippen LogP contribution in [0.2, 0.25) is 0 Å². The Morgan fingerprint density at radius 1 is 0.846 bits per heavy atom. The number of hydrogen-bond donors (Lipinski definition) is 1. The van der Waals surface area contributed by atoms with Crippen LogP contribution in [0.3, 0.4) is 0 Å². The number of nitrogens with zero attached hydrogens (tertiary/aromatic N) is 4. The fraction of sp³-hybridized carbons (Fsp3) is 0.235. The van der Waals surface area contributed by atoms with Crippen LogP contribution in [-0.2, 0) is 16.1 Å². The molecule has 2 amide bonds. The Balaban J connectivity index is 1.46. The van der Waals surface area contributed by atoms with Crippen LogP contribution in [0.5, 0.6) is 17.2 Å². The van der Waals surface area contributed by atoms with Crippen molar-refractivity contribution < 1.29 is 46.1 Å². The third-order valence-corrected chi connectivity index (χ3v) is 11.0. The van der Waals surface area contributed by atoms with Crippen LogP contribution in [-0.4, -0.2) is 54.8 Å². The predicted molar refractivity (Wildman–Crippen MR) is 176 cm³/mol. The number of anilines is 1. The van der Waals surface area contributed by atoms with Gasteiger partial charge in [0, 0.05) is 12.3 Å². The van der Waals surface area contributed by atoms with E-state index >= 15 is 8.78 Å². The molecule has 1 saturated carbocycles. The van der Waals surface area contributed by atoms with E-state index in [4.69, 9.17) is 32.7 Å². The van der Waals surface area contributed by atoms with Gasteiger partial charge in [0.05, 0.1) is 32.5 Å². The molecule has 1 aromatic heterocycles. The van der Waals surface area contributed by atoms with E-state index in [0.29, 0.717) is 0 Å². The predicted octanol–water partition coefficient (Wildman–Crippen LogP) is 4.96. The molecular weight excluding hydrogens is 742 g/mol. The number of carbonyl (C=O) groups is 2. The second kappa shape index (κ2) is 12.1. The summed E-state index contributed by atoms with van der Waals surface area (Å²) in [4.78, 5) is 50.4. The van der Waals surface area contributed by atoms with Crippen molar-refractivity contribution >= 4 is 46.8 Å². The molecule has 4 aromatic rings. The summed E-state index contributed by atoms with van der Waals surface area (Å²) < 4.78 is 86.7. The lowest BCUT2D eigenvalue weighted by Gasteiger charge is -2.47. The first kappa shape index (κ1) is 35.1. The van der Waals surface area contributed by atoms with Gasteiger partial charge in [-0.3, -0.25) is 9.59 Å². The minimum Gasteiger partial charge on any atom is -0.502 e. The van der Waals surface area contributed by atoms with Gasteiger partial charge in [-0.25, -0.2) is 50.4 Å². The first-order valence-electron chi connectivity index (χ1n) is 15.2. The lowest BCUT2D eigenvalue weighted by Crippen LogP contribution is -2.60. The number of alkyl halides is 2. The lowest BCUT2D eigenvalue weighted by atomic mass is 9.66. The molecule has 3 aliphatic rings. The van der Waals surface area contributed by atoms with E-state index in [-0.39, 0.29) is 45.5 Å². The van der Waals surface area contributed by atoms with Crippen LogP contribution in [0.4, 0.5) is 27.6 Å². The summed E-state index contributed by atoms with van der Waals surface area (Å²) in [5.74, 6) is -17.6. The Morgan fingerprint density at radius 3 is 2.00 bits per heavy atom. The molecule has 3 aromatic carbocycles. The first-order valence-corrected chi connectivity index (χ1v) is 16.0. The second-order valence-electron chi connectivity index (χ2n) is 12.1. The normalized spacial score (nSPS) is 23.8. The van der Waals surface area contributed by atoms with Crippen molar-refractivity contribution in [3.05, 3.63) is 116 Å². The maximum atomic E-state index is 15.2. The fourth-order valence-electron chi connectivity index (χ4n) is 7.09. The highest BCUT2D eigenvalue weighted by Crippen LogP contribution is 2.61. The summed E-state index contributed by atoms with van der Waals surface area (Å²) in [6.45, 7) is -0.253. The fourth-order valence-corrected chi connectivity index (χ4v) is 7.96. The monoisotopic (exact) mass is 764 g/mol. The molecule has 4 unspecified atom stereocenters. The topological polar surface area (TPSA) is 125 Å². The SMILES string of the molecule is COc1cc(C=CC2C3=CCn4c(=O)n(-c5ccccc5)c(=O)n4C3CC3(Cl)C(=O)N(c4c(F)c(F)c(F)c(F)c4F)C(=O)C23Cl)cc(OC)c1O. The standard InChI is InChI=1S/C34H23Cl2F5N4O7/c1-51-20-12-15(13-21(52-2)28(20)46)8-9-18-17-10-11-42-31(49)43(16-6-4-3-5-7-16)32(50)45(42)19(17)14-33(35)29(47)44(30(48)34(18,33)36)27-25(40)23(38)22(37)24(39)26(27)41/h3-10,12-13,18-19,46H,11,14H2,1-2H3. The average Bonchev–Trinajstić information content (AvgIpc) is 3.48. The molecule has 1 aliphatic carbocycles. The van der Waals surface area contributed by atoms with E-state index in [1.807, 2.05) is 0 Å². The molecule has 52 heavy (non-hydrogen) atoms. The maximum absolute atomic E-state index is 15.2. The molecule has 0 radical (unpaired) electrons. The Labute approximate surface area is 298 Å². The number of amides is 2. The Bertz CT molecular complexity index is 2360. The first-order chi connectivity index (χ1) is 24.6. The van der Waals surface area contributed by atoms with Gasteiger partial charge in [0.2, 0.25) is 11.6 Å². The maximum Gasteiger partial charge on any atom is 0.352 e. The zero-order valence-corrected chi connectivity index (χ0v) is 28.2. The molecule has 1 saturated heterocycles. The van der Waals surface area contributed by atoms with E-state index in [9.17, 15) is 37.5 Å². The zero-order valence-electron chi connectivity index (χ0n) is 26.7. The van der Waals surface area contributed by atoms with Crippen LogP contribution in [0.25, 0.3) is 11.8 Å². The number of hydrogen-bond acceptors (Lipinski definition) is 7. The van der Waals surface area contributed by atoms with E-state index in [0.717, 1.165) is 13.9 Å². The number of fused-ring (bicyclic) bond motifs is 4. The van der Waals surface area contributed by atoms with Gasteiger partial charge in [-0.1, -0.05) is 36.4 Å². The summed E-state index contributed by atoms with van der Waals surface area (Å²) in [7, 11) is 2.54. The second-order valence-corrected chi connectivity index (χ2v) is 13.3. The van der Waals surface area contributed by atoms with Crippen molar-refractivity contribution in [3.8, 4) is 22.9 Å². The molecule has 11 nitrogen and oxygen atoms in total. The third-order valence-electron chi connectivity index (χ3n) is 9.54. The van der Waals surface area contributed by atoms with Gasteiger partial charge in [0.25, 0.3) is 11.8 Å². The van der Waals surface area contributed by atoms with Crippen LogP contribution in [0, 0.1) is 35.0 Å². The number of imide groups is 1. The molecule has 2 aliphatic heterocycles. The van der Waals surface area contributed by atoms with E-state index in [2.05, 4.69) is 0 Å². The van der Waals surface area contributed by atoms with E-state index in [1.54, 1.807) is 18.2 Å². The number of phenols is 1. The molecule has 4 atom stereocenters. The molecular formula is C34H23Cl2F5N4O7. The number of para-hydroxylation sites is 1. The highest BCUT2D eigenvalue weighted by Gasteiger charge is 2.75. The van der Waals surface area contributed by atoms with Crippen LogP contribution >= 0.6 is 23.2 Å². The summed E-state index contributed by atoms with van der Waals surface area (Å²) in [6.07, 6.45) is 3.36. The number of benzene rings is 3. The average molecular weight is 765 g/mol. The van der Waals surface area contributed by atoms with E-state index in [1.165, 1.54) is 56.7 Å². The van der Waals surface area contributed by atoms with Crippen molar-refractivity contribution in [2.45, 2.75) is 28.8 Å². The van der Waals surface area contributed by atoms with Crippen LogP contribution in [0.15, 0.2) is 69.8 Å². The number of phenolic OH excluding ortho intramolecular Hbond substituents is 1. The molecule has 3 heterocycles. The van der Waals surface area contributed by atoms with Crippen molar-refractivity contribution in [2.24, 2.45) is 5.92 Å². The Hall–Kier alpha value is -5.35. The summed E-state index contributed by atoms with van der Waals surface area (Å²) in [5, 5.41) is 10.4. The van der Waals surface area contributed by atoms with Gasteiger partial charge in [-0.05, 0) is 35.4 Å². The highest BCUT2D eigenvalue weighted by molar-refractivity contribution is 6.58. The molecule has 270 valence electrons. The number of aromatic nitrogens is 3. The number of methoxy groups -OCH3 is 2. The van der Waals surface area contributed by atoms with Crippen molar-refractivity contribution in [1.29, 1.82) is 0 Å². The Kier molecular flexibility index (Phi) is 8.17. The van der Waals surface area contributed by atoms with Gasteiger partial charge in [-0.2, -0.15) is 0 Å². The zero-order chi connectivity index (χ0) is 37.6. The van der Waals surface area contributed by atoms with Crippen molar-refractivity contribution in [2.75, 3.05) is 19.1 Å². The summed E-state index contributed by atoms with van der Waals surface area (Å²) >= 11 is 14.1. The summed E-state index contributed by atoms with van der Waals surface area (Å²) in [6, 6.07) is 9.27. The molecule has 1 N–H and O–H groups in total. The lowest BCUT2D eigenvalue weighted by molar-refractivity contribution is -0.122. The molecule has 7 rings (SSSR count). The molecule has 0 spiro atoms. The largest absolute Gasteiger partial charge is 0.502 e. The highest BCUT2D eigenvalue weighted by atomic mass is 35.5. The van der Waals surface area contributed by atoms with Crippen molar-refractivity contribution in [3.63, 3.8) is 0 Å². The number of rotatable bonds is 6. The van der Waals surface area contributed by atoms with Gasteiger partial charge < -0.3 is 14.6 Å². The van der Waals surface area contributed by atoms with Gasteiger partial charge in [0.1, 0.15) is 5.69 Å². The quantitative estimate of drug-likeness (QED) is 0.0735. The third kappa shape index (κ3) is 4.56. The number of allylic oxidation sites excluding steroid dienone is 3. The minimum absolute atomic E-state index is 0.0351. The molecule has 0 bridgehead atoms. The minimum atomic E-state index is -2.72. The summed E-state index contributed by atoms with van der Waals surface area (Å²) in [5.41, 5.74) is -2.91. The van der Waals surface area contributed by atoms with Gasteiger partial charge in [0.15, 0.2) is 44.5 Å². The molecule has 2 fully saturated rings. The van der Waals surface area contributed by atoms with Gasteiger partial charge in [-0.15, -0.1) is 23.2 Å². The smallest absolute Gasteiger partial charge is 0.352 e. The number of ether oxygens (including phenoxy) is 2. The van der Waals surface area contributed by atoms with Crippen LogP contribution in [0.1, 0.15) is 18.0 Å². The number of halogens is 7. The Morgan fingerprint density at radius 2 is 1.42 bits per heavy atom. The van der Waals surface area contributed by atoms with E-state index < -0.39 is 86.1 Å². The molecule has 18 heteroatoms. The number of aromatic hydroxyl groups is 1. The number of carbonyl (C=O) groups excluding carboxylic acids is 2. The van der Waals surface area contributed by atoms with Crippen LogP contribution < -0.4 is 25.8 Å². The van der Waals surface area contributed by atoms with Gasteiger partial charge >= 0.3 is 11.4 Å². The van der Waals surface area contributed by atoms with Crippen molar-refractivity contribution in [1.82, 2.24) is 13.9 Å².